The maximum atomic E-state index is 12.9. The Balaban J connectivity index is 2.34. The van der Waals surface area contributed by atoms with Crippen LogP contribution in [-0.2, 0) is 24.4 Å². The van der Waals surface area contributed by atoms with Crippen molar-refractivity contribution in [3.63, 3.8) is 0 Å². The predicted molar refractivity (Wildman–Crippen MR) is 96.9 cm³/mol. The van der Waals surface area contributed by atoms with E-state index in [1.807, 2.05) is 20.8 Å². The highest BCUT2D eigenvalue weighted by Gasteiger charge is 2.55. The van der Waals surface area contributed by atoms with Crippen LogP contribution in [0.2, 0.25) is 0 Å². The van der Waals surface area contributed by atoms with Gasteiger partial charge in [-0.25, -0.2) is 13.1 Å². The average molecular weight is 379 g/mol. The summed E-state index contributed by atoms with van der Waals surface area (Å²) in [7, 11) is -4.09. The van der Waals surface area contributed by atoms with Crippen LogP contribution in [-0.4, -0.2) is 25.9 Å². The molecule has 1 fully saturated rings. The molecular formula is C19H25NO5S. The number of ketones is 2. The van der Waals surface area contributed by atoms with Crippen LogP contribution in [0.4, 0.5) is 0 Å². The van der Waals surface area contributed by atoms with Gasteiger partial charge in [0.15, 0.2) is 0 Å². The number of hydrogen-bond donors (Lipinski definition) is 1. The standard InChI is InChI=1S/C19H25NO5S/c1-13-5-7-15(8-6-13)26(24,25)20-17(23)19(10-9-14(2)21)12-18(3,4)11-16(19)22/h5-8H,9-12H2,1-4H3,(H,20,23)/t19-/m1/s1. The van der Waals surface area contributed by atoms with Crippen molar-refractivity contribution in [1.82, 2.24) is 4.72 Å². The highest BCUT2D eigenvalue weighted by atomic mass is 32.2. The molecule has 0 bridgehead atoms. The molecule has 0 unspecified atom stereocenters. The first-order valence-electron chi connectivity index (χ1n) is 8.55. The van der Waals surface area contributed by atoms with Crippen LogP contribution in [0.5, 0.6) is 0 Å². The summed E-state index contributed by atoms with van der Waals surface area (Å²) in [6, 6.07) is 6.09. The van der Waals surface area contributed by atoms with E-state index >= 15 is 0 Å². The van der Waals surface area contributed by atoms with E-state index in [-0.39, 0.29) is 42.1 Å². The number of benzene rings is 1. The molecular weight excluding hydrogens is 354 g/mol. The highest BCUT2D eigenvalue weighted by Crippen LogP contribution is 2.49. The molecule has 2 rings (SSSR count). The van der Waals surface area contributed by atoms with Crippen molar-refractivity contribution in [2.45, 2.75) is 58.3 Å². The number of carbonyl (C=O) groups is 3. The number of amides is 1. The molecule has 6 nitrogen and oxygen atoms in total. The zero-order valence-corrected chi connectivity index (χ0v) is 16.4. The molecule has 1 aliphatic rings. The van der Waals surface area contributed by atoms with Gasteiger partial charge in [-0.3, -0.25) is 9.59 Å². The van der Waals surface area contributed by atoms with Crippen molar-refractivity contribution >= 4 is 27.5 Å². The lowest BCUT2D eigenvalue weighted by molar-refractivity contribution is -0.139. The van der Waals surface area contributed by atoms with Crippen LogP contribution >= 0.6 is 0 Å². The molecule has 0 spiro atoms. The molecule has 1 aromatic rings. The Morgan fingerprint density at radius 3 is 2.19 bits per heavy atom. The van der Waals surface area contributed by atoms with E-state index in [0.29, 0.717) is 0 Å². The molecule has 1 amide bonds. The van der Waals surface area contributed by atoms with Crippen LogP contribution in [0.3, 0.4) is 0 Å². The molecule has 0 aliphatic heterocycles. The van der Waals surface area contributed by atoms with E-state index in [1.165, 1.54) is 19.1 Å². The maximum absolute atomic E-state index is 12.9. The lowest BCUT2D eigenvalue weighted by Crippen LogP contribution is -2.46. The molecule has 7 heteroatoms. The lowest BCUT2D eigenvalue weighted by atomic mass is 9.76. The minimum Gasteiger partial charge on any atom is -0.300 e. The van der Waals surface area contributed by atoms with Gasteiger partial charge in [-0.05, 0) is 44.2 Å². The Morgan fingerprint density at radius 1 is 1.15 bits per heavy atom. The molecule has 0 heterocycles. The van der Waals surface area contributed by atoms with Crippen LogP contribution in [0.15, 0.2) is 29.2 Å². The molecule has 1 N–H and O–H groups in total. The van der Waals surface area contributed by atoms with Crippen molar-refractivity contribution in [3.05, 3.63) is 29.8 Å². The molecule has 0 saturated heterocycles. The summed E-state index contributed by atoms with van der Waals surface area (Å²) >= 11 is 0. The van der Waals surface area contributed by atoms with Crippen LogP contribution in [0.25, 0.3) is 0 Å². The third kappa shape index (κ3) is 4.20. The van der Waals surface area contributed by atoms with Crippen molar-refractivity contribution in [3.8, 4) is 0 Å². The number of carbonyl (C=O) groups excluding carboxylic acids is 3. The fourth-order valence-corrected chi connectivity index (χ4v) is 4.57. The van der Waals surface area contributed by atoms with Crippen LogP contribution in [0.1, 0.15) is 52.0 Å². The smallest absolute Gasteiger partial charge is 0.264 e. The van der Waals surface area contributed by atoms with Crippen molar-refractivity contribution in [2.75, 3.05) is 0 Å². The van der Waals surface area contributed by atoms with E-state index in [4.69, 9.17) is 0 Å². The van der Waals surface area contributed by atoms with Gasteiger partial charge in [-0.2, -0.15) is 0 Å². The predicted octanol–water partition coefficient (Wildman–Crippen LogP) is 2.54. The Hall–Kier alpha value is -2.02. The van der Waals surface area contributed by atoms with Gasteiger partial charge in [0.25, 0.3) is 10.0 Å². The summed E-state index contributed by atoms with van der Waals surface area (Å²) in [6.07, 6.45) is 0.490. The SMILES string of the molecule is CC(=O)CC[C@@]1(C(=O)NS(=O)(=O)c2ccc(C)cc2)CC(C)(C)CC1=O. The third-order valence-corrected chi connectivity index (χ3v) is 6.20. The second-order valence-corrected chi connectivity index (χ2v) is 9.66. The number of sulfonamides is 1. The number of rotatable bonds is 6. The summed E-state index contributed by atoms with van der Waals surface area (Å²) in [5, 5.41) is 0. The number of nitrogens with one attached hydrogen (secondary N) is 1. The Labute approximate surface area is 154 Å². The second kappa shape index (κ2) is 6.95. The average Bonchev–Trinajstić information content (AvgIpc) is 2.75. The second-order valence-electron chi connectivity index (χ2n) is 7.97. The van der Waals surface area contributed by atoms with Crippen molar-refractivity contribution < 1.29 is 22.8 Å². The van der Waals surface area contributed by atoms with Gasteiger partial charge in [0.1, 0.15) is 17.0 Å². The van der Waals surface area contributed by atoms with Gasteiger partial charge < -0.3 is 4.79 Å². The first-order valence-corrected chi connectivity index (χ1v) is 10.0. The fourth-order valence-electron chi connectivity index (χ4n) is 3.52. The molecule has 1 saturated carbocycles. The molecule has 142 valence electrons. The fraction of sp³-hybridized carbons (Fsp3) is 0.526. The van der Waals surface area contributed by atoms with Crippen LogP contribution < -0.4 is 4.72 Å². The number of Topliss-reactive ketones (excluding diaryl/α,β-unsaturated/α-hetero) is 2. The molecule has 0 aromatic heterocycles. The first-order chi connectivity index (χ1) is 11.9. The van der Waals surface area contributed by atoms with E-state index in [2.05, 4.69) is 4.72 Å². The Morgan fingerprint density at radius 2 is 1.73 bits per heavy atom. The van der Waals surface area contributed by atoms with Gasteiger partial charge in [-0.1, -0.05) is 31.5 Å². The van der Waals surface area contributed by atoms with Gasteiger partial charge >= 0.3 is 0 Å². The summed E-state index contributed by atoms with van der Waals surface area (Å²) < 4.78 is 27.2. The minimum atomic E-state index is -4.09. The van der Waals surface area contributed by atoms with Gasteiger partial charge in [0, 0.05) is 12.8 Å². The molecule has 1 atom stereocenters. The monoisotopic (exact) mass is 379 g/mol. The van der Waals surface area contributed by atoms with E-state index in [0.717, 1.165) is 5.56 Å². The van der Waals surface area contributed by atoms with Crippen molar-refractivity contribution in [2.24, 2.45) is 10.8 Å². The summed E-state index contributed by atoms with van der Waals surface area (Å²) in [6.45, 7) is 6.94. The van der Waals surface area contributed by atoms with Gasteiger partial charge in [0.05, 0.1) is 4.90 Å². The number of aryl methyl sites for hydroxylation is 1. The first kappa shape index (κ1) is 20.3. The maximum Gasteiger partial charge on any atom is 0.264 e. The lowest BCUT2D eigenvalue weighted by Gasteiger charge is -2.27. The van der Waals surface area contributed by atoms with E-state index < -0.39 is 26.8 Å². The van der Waals surface area contributed by atoms with E-state index in [9.17, 15) is 22.8 Å². The third-order valence-electron chi connectivity index (χ3n) is 4.85. The summed E-state index contributed by atoms with van der Waals surface area (Å²) in [5.41, 5.74) is -1.01. The molecule has 0 radical (unpaired) electrons. The Kier molecular flexibility index (Phi) is 5.42. The summed E-state index contributed by atoms with van der Waals surface area (Å²) in [5.74, 6) is -1.29. The highest BCUT2D eigenvalue weighted by molar-refractivity contribution is 7.90. The minimum absolute atomic E-state index is 0.0276. The molecule has 1 aliphatic carbocycles. The zero-order chi connectivity index (χ0) is 19.8. The van der Waals surface area contributed by atoms with Crippen molar-refractivity contribution in [1.29, 1.82) is 0 Å². The van der Waals surface area contributed by atoms with Gasteiger partial charge in [0.2, 0.25) is 5.91 Å². The van der Waals surface area contributed by atoms with Crippen LogP contribution in [0, 0.1) is 17.8 Å². The number of hydrogen-bond acceptors (Lipinski definition) is 5. The Bertz CT molecular complexity index is 839. The molecule has 26 heavy (non-hydrogen) atoms. The summed E-state index contributed by atoms with van der Waals surface area (Å²) in [4.78, 5) is 36.9. The zero-order valence-electron chi connectivity index (χ0n) is 15.6. The normalized spacial score (nSPS) is 22.2. The molecule has 1 aromatic carbocycles. The topological polar surface area (TPSA) is 97.4 Å². The van der Waals surface area contributed by atoms with Gasteiger partial charge in [-0.15, -0.1) is 0 Å². The van der Waals surface area contributed by atoms with E-state index in [1.54, 1.807) is 12.1 Å². The largest absolute Gasteiger partial charge is 0.300 e. The quantitative estimate of drug-likeness (QED) is 0.766.